The molecule has 0 saturated carbocycles. The Hall–Kier alpha value is -0.560. The van der Waals surface area contributed by atoms with Crippen molar-refractivity contribution in [1.29, 1.82) is 0 Å². The van der Waals surface area contributed by atoms with Crippen LogP contribution in [0.25, 0.3) is 0 Å². The highest BCUT2D eigenvalue weighted by atomic mass is 16.6. The lowest BCUT2D eigenvalue weighted by Crippen LogP contribution is -1.81. The van der Waals surface area contributed by atoms with Gasteiger partial charge in [-0.15, -0.1) is 6.58 Å². The van der Waals surface area contributed by atoms with Crippen LogP contribution in [-0.4, -0.2) is 12.2 Å². The number of hydrogen-bond donors (Lipinski definition) is 0. The molecule has 1 nitrogen and oxygen atoms in total. The summed E-state index contributed by atoms with van der Waals surface area (Å²) in [6.07, 6.45) is 6.48. The zero-order chi connectivity index (χ0) is 5.98. The molecule has 8 heavy (non-hydrogen) atoms. The van der Waals surface area contributed by atoms with Crippen LogP contribution in [0.5, 0.6) is 0 Å². The van der Waals surface area contributed by atoms with Crippen molar-refractivity contribution in [1.82, 2.24) is 0 Å². The average Bonchev–Trinajstić information content (AvgIpc) is 2.48. The van der Waals surface area contributed by atoms with Gasteiger partial charge in [0.25, 0.3) is 0 Å². The van der Waals surface area contributed by atoms with Gasteiger partial charge in [0.05, 0.1) is 0 Å². The molecule has 0 amide bonds. The minimum Gasteiger partial charge on any atom is -0.361 e. The van der Waals surface area contributed by atoms with Gasteiger partial charge in [-0.3, -0.25) is 0 Å². The standard InChI is InChI=1S/C7H10O/c1-3-5-7-6(4-2)8-7/h3-7H,2H2,1H3/b5-3+/t6-,7-/m0/s1. The van der Waals surface area contributed by atoms with Crippen molar-refractivity contribution in [3.05, 3.63) is 24.8 Å². The second kappa shape index (κ2) is 2.14. The van der Waals surface area contributed by atoms with Gasteiger partial charge in [-0.2, -0.15) is 0 Å². The maximum Gasteiger partial charge on any atom is 0.106 e. The van der Waals surface area contributed by atoms with E-state index in [-0.39, 0.29) is 0 Å². The van der Waals surface area contributed by atoms with Gasteiger partial charge in [-0.05, 0) is 6.92 Å². The second-order valence-electron chi connectivity index (χ2n) is 1.83. The van der Waals surface area contributed by atoms with E-state index in [1.54, 1.807) is 0 Å². The van der Waals surface area contributed by atoms with Gasteiger partial charge in [-0.25, -0.2) is 0 Å². The number of allylic oxidation sites excluding steroid dienone is 1. The fourth-order valence-electron chi connectivity index (χ4n) is 0.670. The second-order valence-corrected chi connectivity index (χ2v) is 1.83. The maximum atomic E-state index is 5.10. The van der Waals surface area contributed by atoms with E-state index in [9.17, 15) is 0 Å². The molecule has 1 fully saturated rings. The zero-order valence-corrected chi connectivity index (χ0v) is 5.00. The number of ether oxygens (including phenoxy) is 1. The van der Waals surface area contributed by atoms with E-state index in [0.29, 0.717) is 12.2 Å². The Morgan fingerprint density at radius 1 is 1.50 bits per heavy atom. The maximum absolute atomic E-state index is 5.10. The fraction of sp³-hybridized carbons (Fsp3) is 0.429. The van der Waals surface area contributed by atoms with E-state index in [1.807, 2.05) is 25.2 Å². The zero-order valence-electron chi connectivity index (χ0n) is 5.00. The lowest BCUT2D eigenvalue weighted by Gasteiger charge is -1.71. The Labute approximate surface area is 49.7 Å². The van der Waals surface area contributed by atoms with Crippen molar-refractivity contribution in [3.63, 3.8) is 0 Å². The van der Waals surface area contributed by atoms with Gasteiger partial charge in [0.15, 0.2) is 0 Å². The number of rotatable bonds is 2. The minimum absolute atomic E-state index is 0.297. The highest BCUT2D eigenvalue weighted by Gasteiger charge is 2.32. The first-order chi connectivity index (χ1) is 3.88. The first-order valence-electron chi connectivity index (χ1n) is 2.79. The smallest absolute Gasteiger partial charge is 0.106 e. The third-order valence-corrected chi connectivity index (χ3v) is 1.18. The summed E-state index contributed by atoms with van der Waals surface area (Å²) in [5.74, 6) is 0. The highest BCUT2D eigenvalue weighted by Crippen LogP contribution is 2.23. The molecule has 0 bridgehead atoms. The van der Waals surface area contributed by atoms with E-state index in [0.717, 1.165) is 0 Å². The van der Waals surface area contributed by atoms with Crippen LogP contribution >= 0.6 is 0 Å². The molecule has 0 unspecified atom stereocenters. The van der Waals surface area contributed by atoms with Gasteiger partial charge in [0, 0.05) is 0 Å². The fourth-order valence-corrected chi connectivity index (χ4v) is 0.670. The summed E-state index contributed by atoms with van der Waals surface area (Å²) in [5.41, 5.74) is 0. The number of epoxide rings is 1. The summed E-state index contributed by atoms with van der Waals surface area (Å²) in [5, 5.41) is 0. The summed E-state index contributed by atoms with van der Waals surface area (Å²) in [6.45, 7) is 5.58. The lowest BCUT2D eigenvalue weighted by atomic mass is 10.3. The van der Waals surface area contributed by atoms with Crippen LogP contribution in [0.4, 0.5) is 0 Å². The number of hydrogen-bond acceptors (Lipinski definition) is 1. The van der Waals surface area contributed by atoms with Crippen molar-refractivity contribution in [2.24, 2.45) is 0 Å². The van der Waals surface area contributed by atoms with Crippen molar-refractivity contribution >= 4 is 0 Å². The first kappa shape index (κ1) is 5.57. The van der Waals surface area contributed by atoms with Crippen LogP contribution < -0.4 is 0 Å². The average molecular weight is 110 g/mol. The summed E-state index contributed by atoms with van der Waals surface area (Å²) < 4.78 is 5.10. The van der Waals surface area contributed by atoms with E-state index in [1.165, 1.54) is 0 Å². The topological polar surface area (TPSA) is 12.5 Å². The van der Waals surface area contributed by atoms with E-state index in [2.05, 4.69) is 6.58 Å². The highest BCUT2D eigenvalue weighted by molar-refractivity contribution is 5.08. The predicted octanol–water partition coefficient (Wildman–Crippen LogP) is 1.52. The van der Waals surface area contributed by atoms with Crippen LogP contribution in [0.3, 0.4) is 0 Å². The molecule has 1 rings (SSSR count). The summed E-state index contributed by atoms with van der Waals surface area (Å²) in [4.78, 5) is 0. The normalized spacial score (nSPS) is 35.6. The van der Waals surface area contributed by atoms with Gasteiger partial charge in [0.2, 0.25) is 0 Å². The molecule has 0 N–H and O–H groups in total. The molecule has 0 aliphatic carbocycles. The summed E-state index contributed by atoms with van der Waals surface area (Å²) in [6, 6.07) is 0. The molecule has 0 spiro atoms. The first-order valence-corrected chi connectivity index (χ1v) is 2.79. The molecular weight excluding hydrogens is 100 g/mol. The lowest BCUT2D eigenvalue weighted by molar-refractivity contribution is 0.413. The van der Waals surface area contributed by atoms with Crippen LogP contribution in [0.15, 0.2) is 24.8 Å². The van der Waals surface area contributed by atoms with Crippen molar-refractivity contribution in [2.75, 3.05) is 0 Å². The summed E-state index contributed by atoms with van der Waals surface area (Å²) >= 11 is 0. The van der Waals surface area contributed by atoms with Gasteiger partial charge < -0.3 is 4.74 Å². The molecule has 1 aliphatic heterocycles. The van der Waals surface area contributed by atoms with Crippen LogP contribution in [0, 0.1) is 0 Å². The SMILES string of the molecule is C=C[C@@H]1O[C@H]1/C=C/C. The molecule has 1 aliphatic rings. The molecule has 0 aromatic rings. The molecule has 2 atom stereocenters. The third-order valence-electron chi connectivity index (χ3n) is 1.18. The molecule has 1 heteroatoms. The Morgan fingerprint density at radius 2 is 2.25 bits per heavy atom. The molecule has 1 heterocycles. The quantitative estimate of drug-likeness (QED) is 0.388. The molecule has 0 aromatic carbocycles. The van der Waals surface area contributed by atoms with Crippen LogP contribution in [0.2, 0.25) is 0 Å². The van der Waals surface area contributed by atoms with Crippen LogP contribution in [-0.2, 0) is 4.74 Å². The Bertz CT molecular complexity index is 116. The third kappa shape index (κ3) is 0.984. The monoisotopic (exact) mass is 110 g/mol. The van der Waals surface area contributed by atoms with E-state index < -0.39 is 0 Å². The Kier molecular flexibility index (Phi) is 1.49. The van der Waals surface area contributed by atoms with Crippen molar-refractivity contribution in [3.8, 4) is 0 Å². The van der Waals surface area contributed by atoms with Crippen molar-refractivity contribution in [2.45, 2.75) is 19.1 Å². The predicted molar refractivity (Wildman–Crippen MR) is 33.7 cm³/mol. The van der Waals surface area contributed by atoms with Crippen molar-refractivity contribution < 1.29 is 4.74 Å². The minimum atomic E-state index is 0.297. The van der Waals surface area contributed by atoms with Crippen LogP contribution in [0.1, 0.15) is 6.92 Å². The Balaban J connectivity index is 2.26. The largest absolute Gasteiger partial charge is 0.361 e. The van der Waals surface area contributed by atoms with Gasteiger partial charge in [-0.1, -0.05) is 18.2 Å². The Morgan fingerprint density at radius 3 is 2.62 bits per heavy atom. The molecule has 0 radical (unpaired) electrons. The van der Waals surface area contributed by atoms with E-state index >= 15 is 0 Å². The van der Waals surface area contributed by atoms with E-state index in [4.69, 9.17) is 4.74 Å². The van der Waals surface area contributed by atoms with Gasteiger partial charge >= 0.3 is 0 Å². The summed E-state index contributed by atoms with van der Waals surface area (Å²) in [7, 11) is 0. The molecule has 1 saturated heterocycles. The van der Waals surface area contributed by atoms with Gasteiger partial charge in [0.1, 0.15) is 12.2 Å². The molecule has 44 valence electrons. The molecule has 0 aromatic heterocycles. The molecular formula is C7H10O.